The fourth-order valence-corrected chi connectivity index (χ4v) is 1.57. The number of furan rings is 1. The van der Waals surface area contributed by atoms with Crippen LogP contribution >= 0.6 is 0 Å². The molecule has 0 atom stereocenters. The number of nitrogens with zero attached hydrogens (tertiary/aromatic N) is 1. The van der Waals surface area contributed by atoms with Gasteiger partial charge in [-0.15, -0.1) is 0 Å². The summed E-state index contributed by atoms with van der Waals surface area (Å²) >= 11 is 0. The van der Waals surface area contributed by atoms with Crippen molar-refractivity contribution in [1.29, 1.82) is 0 Å². The van der Waals surface area contributed by atoms with Gasteiger partial charge in [-0.25, -0.2) is 9.78 Å². The Morgan fingerprint density at radius 3 is 2.65 bits per heavy atom. The van der Waals surface area contributed by atoms with Gasteiger partial charge in [0.2, 0.25) is 11.7 Å². The predicted octanol–water partition coefficient (Wildman–Crippen LogP) is 3.44. The molecule has 0 saturated carbocycles. The minimum atomic E-state index is -4.82. The van der Waals surface area contributed by atoms with E-state index in [1.54, 1.807) is 0 Å². The first-order chi connectivity index (χ1) is 9.34. The average Bonchev–Trinajstić information content (AvgIpc) is 2.94. The molecule has 2 heterocycles. The smallest absolute Gasteiger partial charge is 0.437 e. The summed E-state index contributed by atoms with van der Waals surface area (Å²) < 4.78 is 53.0. The summed E-state index contributed by atoms with van der Waals surface area (Å²) in [5.74, 6) is -2.18. The molecule has 2 aromatic rings. The van der Waals surface area contributed by atoms with E-state index in [0.29, 0.717) is 5.76 Å². The van der Waals surface area contributed by atoms with E-state index in [1.807, 2.05) is 0 Å². The zero-order valence-electron chi connectivity index (χ0n) is 10.6. The highest BCUT2D eigenvalue weighted by atomic mass is 19.4. The quantitative estimate of drug-likeness (QED) is 0.810. The highest BCUT2D eigenvalue weighted by Crippen LogP contribution is 2.35. The molecule has 0 unspecified atom stereocenters. The van der Waals surface area contributed by atoms with Gasteiger partial charge in [0, 0.05) is 0 Å². The summed E-state index contributed by atoms with van der Waals surface area (Å²) in [5.41, 5.74) is -1.17. The number of rotatable bonds is 3. The molecular formula is C12H10F3NO4. The number of esters is 1. The van der Waals surface area contributed by atoms with Crippen LogP contribution in [0.2, 0.25) is 0 Å². The van der Waals surface area contributed by atoms with Gasteiger partial charge in [0.25, 0.3) is 0 Å². The number of aryl methyl sites for hydroxylation is 1. The van der Waals surface area contributed by atoms with Crippen LogP contribution in [0.3, 0.4) is 0 Å². The van der Waals surface area contributed by atoms with E-state index in [9.17, 15) is 18.0 Å². The van der Waals surface area contributed by atoms with Crippen molar-refractivity contribution in [3.05, 3.63) is 29.5 Å². The Kier molecular flexibility index (Phi) is 3.56. The van der Waals surface area contributed by atoms with Gasteiger partial charge in [-0.1, -0.05) is 0 Å². The lowest BCUT2D eigenvalue weighted by atomic mass is 10.2. The SMILES string of the molecule is CCOC(=O)c1oc(-c2ccoc2C)nc1C(F)(F)F. The van der Waals surface area contributed by atoms with Crippen LogP contribution in [0, 0.1) is 6.92 Å². The molecule has 20 heavy (non-hydrogen) atoms. The van der Waals surface area contributed by atoms with E-state index in [0.717, 1.165) is 0 Å². The summed E-state index contributed by atoms with van der Waals surface area (Å²) in [6.07, 6.45) is -3.53. The van der Waals surface area contributed by atoms with E-state index >= 15 is 0 Å². The largest absolute Gasteiger partial charge is 0.469 e. The number of carbonyl (C=O) groups is 1. The van der Waals surface area contributed by atoms with Crippen LogP contribution in [0.15, 0.2) is 21.2 Å². The number of halogens is 3. The molecule has 2 aromatic heterocycles. The zero-order chi connectivity index (χ0) is 14.9. The first kappa shape index (κ1) is 14.2. The molecule has 0 aromatic carbocycles. The van der Waals surface area contributed by atoms with Crippen LogP contribution in [-0.4, -0.2) is 17.6 Å². The lowest BCUT2D eigenvalue weighted by Crippen LogP contribution is -2.14. The monoisotopic (exact) mass is 289 g/mol. The highest BCUT2D eigenvalue weighted by molar-refractivity contribution is 5.88. The van der Waals surface area contributed by atoms with Crippen LogP contribution in [0.5, 0.6) is 0 Å². The number of hydrogen-bond acceptors (Lipinski definition) is 5. The lowest BCUT2D eigenvalue weighted by molar-refractivity contribution is -0.141. The predicted molar refractivity (Wildman–Crippen MR) is 59.9 cm³/mol. The minimum Gasteiger partial charge on any atom is -0.469 e. The Morgan fingerprint density at radius 2 is 2.15 bits per heavy atom. The average molecular weight is 289 g/mol. The van der Waals surface area contributed by atoms with Crippen LogP contribution in [0.4, 0.5) is 13.2 Å². The van der Waals surface area contributed by atoms with Crippen molar-refractivity contribution in [2.45, 2.75) is 20.0 Å². The van der Waals surface area contributed by atoms with Gasteiger partial charge >= 0.3 is 12.1 Å². The number of aromatic nitrogens is 1. The third-order valence-electron chi connectivity index (χ3n) is 2.45. The maximum Gasteiger partial charge on any atom is 0.437 e. The molecule has 0 aliphatic rings. The number of hydrogen-bond donors (Lipinski definition) is 0. The van der Waals surface area contributed by atoms with Crippen molar-refractivity contribution >= 4 is 5.97 Å². The molecule has 2 rings (SSSR count). The van der Waals surface area contributed by atoms with Crippen LogP contribution in [-0.2, 0) is 10.9 Å². The van der Waals surface area contributed by atoms with Gasteiger partial charge in [-0.2, -0.15) is 13.2 Å². The second-order valence-electron chi connectivity index (χ2n) is 3.81. The Labute approximate surface area is 111 Å². The van der Waals surface area contributed by atoms with Crippen molar-refractivity contribution < 1.29 is 31.5 Å². The molecule has 0 bridgehead atoms. The number of ether oxygens (including phenoxy) is 1. The van der Waals surface area contributed by atoms with Gasteiger partial charge in [0.05, 0.1) is 18.4 Å². The Morgan fingerprint density at radius 1 is 1.45 bits per heavy atom. The third-order valence-corrected chi connectivity index (χ3v) is 2.45. The number of oxazole rings is 1. The molecule has 0 amide bonds. The number of alkyl halides is 3. The summed E-state index contributed by atoms with van der Waals surface area (Å²) in [5, 5.41) is 0. The molecule has 0 aliphatic carbocycles. The molecule has 0 saturated heterocycles. The summed E-state index contributed by atoms with van der Waals surface area (Å²) in [6, 6.07) is 1.40. The van der Waals surface area contributed by atoms with Gasteiger partial charge in [-0.3, -0.25) is 0 Å². The second kappa shape index (κ2) is 5.03. The first-order valence-electron chi connectivity index (χ1n) is 5.64. The standard InChI is InChI=1S/C12H10F3NO4/c1-3-18-11(17)8-9(12(13,14)15)16-10(20-8)7-4-5-19-6(7)2/h4-5H,3H2,1-2H3. The van der Waals surface area contributed by atoms with Crippen LogP contribution in [0.1, 0.15) is 28.9 Å². The molecule has 0 spiro atoms. The highest BCUT2D eigenvalue weighted by Gasteiger charge is 2.42. The summed E-state index contributed by atoms with van der Waals surface area (Å²) in [4.78, 5) is 14.8. The third kappa shape index (κ3) is 2.54. The molecule has 8 heteroatoms. The van der Waals surface area contributed by atoms with Crippen LogP contribution < -0.4 is 0 Å². The van der Waals surface area contributed by atoms with E-state index in [-0.39, 0.29) is 18.1 Å². The fourth-order valence-electron chi connectivity index (χ4n) is 1.57. The van der Waals surface area contributed by atoms with E-state index in [2.05, 4.69) is 9.72 Å². The van der Waals surface area contributed by atoms with Crippen molar-refractivity contribution in [3.8, 4) is 11.5 Å². The maximum absolute atomic E-state index is 12.9. The normalized spacial score (nSPS) is 11.7. The fraction of sp³-hybridized carbons (Fsp3) is 0.333. The van der Waals surface area contributed by atoms with Crippen molar-refractivity contribution in [1.82, 2.24) is 4.98 Å². The zero-order valence-corrected chi connectivity index (χ0v) is 10.6. The number of carbonyl (C=O) groups excluding carboxylic acids is 1. The van der Waals surface area contributed by atoms with E-state index in [4.69, 9.17) is 8.83 Å². The molecular weight excluding hydrogens is 279 g/mol. The van der Waals surface area contributed by atoms with Gasteiger partial charge < -0.3 is 13.6 Å². The molecule has 108 valence electrons. The van der Waals surface area contributed by atoms with Gasteiger partial charge in [0.15, 0.2) is 5.69 Å². The first-order valence-corrected chi connectivity index (χ1v) is 5.64. The van der Waals surface area contributed by atoms with Crippen molar-refractivity contribution in [2.75, 3.05) is 6.61 Å². The van der Waals surface area contributed by atoms with Crippen molar-refractivity contribution in [3.63, 3.8) is 0 Å². The van der Waals surface area contributed by atoms with Gasteiger partial charge in [0.1, 0.15) is 5.76 Å². The Bertz CT molecular complexity index is 627. The Hall–Kier alpha value is -2.25. The maximum atomic E-state index is 12.9. The summed E-state index contributed by atoms with van der Waals surface area (Å²) in [6.45, 7) is 2.94. The molecule has 0 fully saturated rings. The van der Waals surface area contributed by atoms with E-state index < -0.39 is 23.6 Å². The van der Waals surface area contributed by atoms with E-state index in [1.165, 1.54) is 26.2 Å². The van der Waals surface area contributed by atoms with Crippen molar-refractivity contribution in [2.24, 2.45) is 0 Å². The topological polar surface area (TPSA) is 65.5 Å². The molecule has 0 aliphatic heterocycles. The van der Waals surface area contributed by atoms with Crippen LogP contribution in [0.25, 0.3) is 11.5 Å². The second-order valence-corrected chi connectivity index (χ2v) is 3.81. The molecule has 0 radical (unpaired) electrons. The minimum absolute atomic E-state index is 0.0725. The summed E-state index contributed by atoms with van der Waals surface area (Å²) in [7, 11) is 0. The lowest BCUT2D eigenvalue weighted by Gasteiger charge is -2.03. The molecule has 0 N–H and O–H groups in total. The Balaban J connectivity index is 2.53. The molecule has 5 nitrogen and oxygen atoms in total. The van der Waals surface area contributed by atoms with Gasteiger partial charge in [-0.05, 0) is 19.9 Å².